The van der Waals surface area contributed by atoms with E-state index in [9.17, 15) is 22.4 Å². The van der Waals surface area contributed by atoms with Crippen molar-refractivity contribution in [3.05, 3.63) is 70.8 Å². The Hall–Kier alpha value is -4.35. The normalized spacial score (nSPS) is 14.6. The molecule has 0 atom stereocenters. The first-order chi connectivity index (χ1) is 16.7. The van der Waals surface area contributed by atoms with Crippen LogP contribution in [0.15, 0.2) is 47.7 Å². The fourth-order valence-electron chi connectivity index (χ4n) is 3.86. The molecule has 1 amide bonds. The average Bonchev–Trinajstić information content (AvgIpc) is 3.33. The van der Waals surface area contributed by atoms with Gasteiger partial charge in [-0.2, -0.15) is 18.2 Å². The molecule has 0 saturated carbocycles. The number of hydrogen-bond donors (Lipinski definition) is 2. The molecular formula is C23H17F4N7O. The maximum atomic E-state index is 15.0. The third-order valence-electron chi connectivity index (χ3n) is 5.51. The van der Waals surface area contributed by atoms with E-state index in [1.807, 2.05) is 4.90 Å². The Morgan fingerprint density at radius 1 is 1.14 bits per heavy atom. The van der Waals surface area contributed by atoms with Gasteiger partial charge in [0.15, 0.2) is 0 Å². The maximum Gasteiger partial charge on any atom is 0.416 e. The van der Waals surface area contributed by atoms with Crippen molar-refractivity contribution in [3.63, 3.8) is 0 Å². The second kappa shape index (κ2) is 8.46. The maximum absolute atomic E-state index is 15.0. The molecule has 4 heterocycles. The quantitative estimate of drug-likeness (QED) is 0.543. The number of nitrogens with zero attached hydrogens (tertiary/aromatic N) is 5. The highest BCUT2D eigenvalue weighted by molar-refractivity contribution is 6.35. The average molecular weight is 483 g/mol. The molecule has 0 spiro atoms. The van der Waals surface area contributed by atoms with E-state index < -0.39 is 23.5 Å². The van der Waals surface area contributed by atoms with Crippen molar-refractivity contribution in [2.75, 3.05) is 35.7 Å². The van der Waals surface area contributed by atoms with Crippen LogP contribution < -0.4 is 15.5 Å². The van der Waals surface area contributed by atoms with Crippen molar-refractivity contribution < 1.29 is 22.4 Å². The van der Waals surface area contributed by atoms with Gasteiger partial charge in [0.2, 0.25) is 5.95 Å². The summed E-state index contributed by atoms with van der Waals surface area (Å²) in [7, 11) is 1.72. The van der Waals surface area contributed by atoms with E-state index in [0.29, 0.717) is 47.9 Å². The number of rotatable bonds is 4. The first kappa shape index (κ1) is 22.4. The molecule has 1 aromatic carbocycles. The first-order valence-electron chi connectivity index (χ1n) is 10.5. The SMILES string of the molecule is CNc1ncc2c(n1)N1CCN=C1C(c1ccc(C(=O)Nc3cc(C(F)(F)F)ccn3)c(F)c1)=C2. The number of aromatic nitrogens is 3. The zero-order chi connectivity index (χ0) is 24.7. The van der Waals surface area contributed by atoms with E-state index >= 15 is 0 Å². The molecule has 8 nitrogen and oxygen atoms in total. The number of halogens is 4. The highest BCUT2D eigenvalue weighted by atomic mass is 19.4. The lowest BCUT2D eigenvalue weighted by molar-refractivity contribution is -0.137. The van der Waals surface area contributed by atoms with Gasteiger partial charge in [0.05, 0.1) is 17.7 Å². The predicted octanol–water partition coefficient (Wildman–Crippen LogP) is 4.10. The van der Waals surface area contributed by atoms with Gasteiger partial charge in [0, 0.05) is 37.1 Å². The fourth-order valence-corrected chi connectivity index (χ4v) is 3.86. The number of alkyl halides is 3. The van der Waals surface area contributed by atoms with Crippen LogP contribution in [0.3, 0.4) is 0 Å². The number of carbonyl (C=O) groups is 1. The molecule has 2 aliphatic heterocycles. The van der Waals surface area contributed by atoms with Crippen molar-refractivity contribution >= 4 is 41.0 Å². The number of hydrogen-bond acceptors (Lipinski definition) is 7. The van der Waals surface area contributed by atoms with Gasteiger partial charge in [0.1, 0.15) is 23.3 Å². The molecule has 12 heteroatoms. The molecule has 0 unspecified atom stereocenters. The monoisotopic (exact) mass is 483 g/mol. The van der Waals surface area contributed by atoms with E-state index in [1.54, 1.807) is 25.4 Å². The fraction of sp³-hybridized carbons (Fsp3) is 0.174. The molecule has 2 N–H and O–H groups in total. The lowest BCUT2D eigenvalue weighted by Gasteiger charge is -2.27. The number of pyridine rings is 1. The number of carbonyl (C=O) groups excluding carboxylic acids is 1. The standard InChI is InChI=1S/C23H17F4N7O/c1-28-22-31-11-13-8-16(20-30-6-7-34(20)19(13)33-22)12-2-3-15(17(24)9-12)21(35)32-18-10-14(4-5-29-18)23(25,26)27/h2-5,8-11H,6-7H2,1H3,(H,28,31,33)(H,29,32,35). The van der Waals surface area contributed by atoms with E-state index in [4.69, 9.17) is 0 Å². The number of benzene rings is 1. The molecular weight excluding hydrogens is 466 g/mol. The van der Waals surface area contributed by atoms with Crippen LogP contribution in [-0.4, -0.2) is 46.8 Å². The summed E-state index contributed by atoms with van der Waals surface area (Å²) in [5.74, 6) is -0.319. The van der Waals surface area contributed by atoms with Crippen LogP contribution in [0.4, 0.5) is 35.1 Å². The molecule has 0 bridgehead atoms. The van der Waals surface area contributed by atoms with E-state index in [-0.39, 0.29) is 11.4 Å². The molecule has 178 valence electrons. The highest BCUT2D eigenvalue weighted by Gasteiger charge is 2.32. The number of amidine groups is 1. The Balaban J connectivity index is 1.44. The number of aliphatic imine (C=N–C) groups is 1. The smallest absolute Gasteiger partial charge is 0.357 e. The molecule has 0 fully saturated rings. The van der Waals surface area contributed by atoms with Gasteiger partial charge in [-0.25, -0.2) is 14.4 Å². The van der Waals surface area contributed by atoms with Crippen LogP contribution in [0.5, 0.6) is 0 Å². The van der Waals surface area contributed by atoms with E-state index in [1.165, 1.54) is 12.1 Å². The minimum atomic E-state index is -4.60. The predicted molar refractivity (Wildman–Crippen MR) is 123 cm³/mol. The second-order valence-corrected chi connectivity index (χ2v) is 7.71. The molecule has 2 aliphatic rings. The molecule has 5 rings (SSSR count). The third-order valence-corrected chi connectivity index (χ3v) is 5.51. The number of fused-ring (bicyclic) bond motifs is 3. The summed E-state index contributed by atoms with van der Waals surface area (Å²) in [5.41, 5.74) is 0.539. The Kier molecular flexibility index (Phi) is 5.42. The summed E-state index contributed by atoms with van der Waals surface area (Å²) in [4.78, 5) is 31.4. The molecule has 2 aromatic heterocycles. The van der Waals surface area contributed by atoms with Crippen molar-refractivity contribution in [2.45, 2.75) is 6.18 Å². The van der Waals surface area contributed by atoms with Crippen LogP contribution in [-0.2, 0) is 6.18 Å². The Morgan fingerprint density at radius 2 is 1.97 bits per heavy atom. The van der Waals surface area contributed by atoms with Gasteiger partial charge in [-0.15, -0.1) is 0 Å². The summed E-state index contributed by atoms with van der Waals surface area (Å²) >= 11 is 0. The topological polar surface area (TPSA) is 95.4 Å². The second-order valence-electron chi connectivity index (χ2n) is 7.71. The number of amides is 1. The number of anilines is 3. The number of nitrogens with one attached hydrogen (secondary N) is 2. The molecule has 0 aliphatic carbocycles. The minimum Gasteiger partial charge on any atom is -0.357 e. The van der Waals surface area contributed by atoms with Gasteiger partial charge in [-0.1, -0.05) is 6.07 Å². The van der Waals surface area contributed by atoms with E-state index in [2.05, 4.69) is 30.6 Å². The van der Waals surface area contributed by atoms with Gasteiger partial charge in [-0.05, 0) is 35.9 Å². The highest BCUT2D eigenvalue weighted by Crippen LogP contribution is 2.35. The van der Waals surface area contributed by atoms with Gasteiger partial charge in [-0.3, -0.25) is 9.79 Å². The van der Waals surface area contributed by atoms with Crippen molar-refractivity contribution in [2.24, 2.45) is 4.99 Å². The largest absolute Gasteiger partial charge is 0.416 e. The van der Waals surface area contributed by atoms with Crippen molar-refractivity contribution in [3.8, 4) is 0 Å². The van der Waals surface area contributed by atoms with Crippen molar-refractivity contribution in [1.29, 1.82) is 0 Å². The van der Waals surface area contributed by atoms with Crippen LogP contribution in [0, 0.1) is 5.82 Å². The Bertz CT molecular complexity index is 1400. The lowest BCUT2D eigenvalue weighted by Crippen LogP contribution is -2.32. The molecule has 35 heavy (non-hydrogen) atoms. The first-order valence-corrected chi connectivity index (χ1v) is 10.5. The van der Waals surface area contributed by atoms with Gasteiger partial charge in [0.25, 0.3) is 5.91 Å². The molecule has 0 saturated heterocycles. The zero-order valence-electron chi connectivity index (χ0n) is 18.2. The van der Waals surface area contributed by atoms with E-state index in [0.717, 1.165) is 17.8 Å². The lowest BCUT2D eigenvalue weighted by atomic mass is 9.97. The van der Waals surface area contributed by atoms with Crippen LogP contribution in [0.2, 0.25) is 0 Å². The summed E-state index contributed by atoms with van der Waals surface area (Å²) in [6, 6.07) is 5.47. The van der Waals surface area contributed by atoms with Gasteiger partial charge >= 0.3 is 6.18 Å². The summed E-state index contributed by atoms with van der Waals surface area (Å²) in [6.45, 7) is 1.14. The minimum absolute atomic E-state index is 0.336. The van der Waals surface area contributed by atoms with Crippen LogP contribution >= 0.6 is 0 Å². The zero-order valence-corrected chi connectivity index (χ0v) is 18.2. The van der Waals surface area contributed by atoms with Gasteiger partial charge < -0.3 is 15.5 Å². The van der Waals surface area contributed by atoms with Crippen LogP contribution in [0.25, 0.3) is 11.6 Å². The Labute approximate surface area is 196 Å². The Morgan fingerprint density at radius 3 is 2.71 bits per heavy atom. The molecule has 0 radical (unpaired) electrons. The van der Waals surface area contributed by atoms with Crippen molar-refractivity contribution in [1.82, 2.24) is 15.0 Å². The summed E-state index contributed by atoms with van der Waals surface area (Å²) in [6.07, 6.45) is -0.221. The summed E-state index contributed by atoms with van der Waals surface area (Å²) < 4.78 is 53.7. The third kappa shape index (κ3) is 4.18. The molecule has 3 aromatic rings. The summed E-state index contributed by atoms with van der Waals surface area (Å²) in [5, 5.41) is 5.11. The van der Waals surface area contributed by atoms with Crippen LogP contribution in [0.1, 0.15) is 27.0 Å².